The van der Waals surface area contributed by atoms with E-state index >= 15 is 0 Å². The lowest BCUT2D eigenvalue weighted by molar-refractivity contribution is -0.136. The first-order chi connectivity index (χ1) is 27.8. The van der Waals surface area contributed by atoms with Gasteiger partial charge in [-0.1, -0.05) is 50.2 Å². The van der Waals surface area contributed by atoms with Crippen LogP contribution in [-0.4, -0.2) is 94.7 Å². The van der Waals surface area contributed by atoms with Crippen LogP contribution < -0.4 is 5.32 Å². The van der Waals surface area contributed by atoms with E-state index in [9.17, 15) is 14.4 Å². The van der Waals surface area contributed by atoms with Crippen LogP contribution in [0.2, 0.25) is 0 Å². The number of hydrogen-bond donors (Lipinski definition) is 2. The lowest BCUT2D eigenvalue weighted by atomic mass is 9.94. The van der Waals surface area contributed by atoms with E-state index in [1.165, 1.54) is 18.1 Å². The molecule has 5 aromatic rings. The predicted octanol–water partition coefficient (Wildman–Crippen LogP) is 8.48. The van der Waals surface area contributed by atoms with Crippen LogP contribution in [0.25, 0.3) is 43.7 Å². The minimum absolute atomic E-state index is 0.0894. The van der Waals surface area contributed by atoms with Crippen molar-refractivity contribution in [1.82, 2.24) is 25.1 Å². The van der Waals surface area contributed by atoms with Gasteiger partial charge in [0.25, 0.3) is 0 Å². The fourth-order valence-corrected chi connectivity index (χ4v) is 9.57. The molecule has 9 rings (SSSR count). The summed E-state index contributed by atoms with van der Waals surface area (Å²) in [6.07, 6.45) is 2.40. The highest BCUT2D eigenvalue weighted by Crippen LogP contribution is 2.53. The smallest absolute Gasteiger partial charge is 0.410 e. The molecule has 4 heterocycles. The van der Waals surface area contributed by atoms with Gasteiger partial charge in [0.05, 0.1) is 42.5 Å². The van der Waals surface area contributed by atoms with Gasteiger partial charge < -0.3 is 29.4 Å². The highest BCUT2D eigenvalue weighted by atomic mass is 16.6. The number of rotatable bonds is 8. The molecule has 0 bridgehead atoms. The Morgan fingerprint density at radius 3 is 2.34 bits per heavy atom. The molecule has 6 atom stereocenters. The van der Waals surface area contributed by atoms with Gasteiger partial charge in [0.2, 0.25) is 5.91 Å². The van der Waals surface area contributed by atoms with Crippen LogP contribution in [0.1, 0.15) is 71.3 Å². The molecule has 1 aromatic heterocycles. The number of methoxy groups -OCH3 is 2. The van der Waals surface area contributed by atoms with Crippen molar-refractivity contribution in [2.24, 2.45) is 22.7 Å². The standard InChI is InChI=1S/C46H52N6O6/c1-24(2)40(50-44(54)57-7)43(53)52-37-19-30(37)20-39(52)42-48-35-15-11-29-18-27(9-13-32(29)41(35)49-42)26-8-12-31-28(17-26)10-14-34-33(31)21-36(47-34)38-16-25(23-56-6)22-51(38)45(55)58-46(3,4)5/h8-15,17-18,24-25,30,37-40H,16,19-23H2,1-7H3,(H,48,49)(H,50,54)/t25-,30+,37+,38-,39-,40-/m0/s1. The Labute approximate surface area is 338 Å². The Balaban J connectivity index is 0.961. The number of H-pyrrole nitrogens is 1. The van der Waals surface area contributed by atoms with E-state index in [1.807, 2.05) is 44.4 Å². The van der Waals surface area contributed by atoms with Gasteiger partial charge in [0.15, 0.2) is 0 Å². The average molecular weight is 785 g/mol. The monoisotopic (exact) mass is 784 g/mol. The summed E-state index contributed by atoms with van der Waals surface area (Å²) in [5.41, 5.74) is 6.60. The molecule has 3 amide bonds. The topological polar surface area (TPSA) is 138 Å². The van der Waals surface area contributed by atoms with E-state index in [1.54, 1.807) is 7.11 Å². The van der Waals surface area contributed by atoms with Gasteiger partial charge >= 0.3 is 12.2 Å². The summed E-state index contributed by atoms with van der Waals surface area (Å²) >= 11 is 0. The van der Waals surface area contributed by atoms with Crippen molar-refractivity contribution in [3.8, 4) is 11.1 Å². The molecular formula is C46H52N6O6. The van der Waals surface area contributed by atoms with Gasteiger partial charge in [-0.3, -0.25) is 14.7 Å². The van der Waals surface area contributed by atoms with Crippen LogP contribution >= 0.6 is 0 Å². The van der Waals surface area contributed by atoms with Crippen LogP contribution in [0.5, 0.6) is 0 Å². The number of nitrogens with one attached hydrogen (secondary N) is 2. The summed E-state index contributed by atoms with van der Waals surface area (Å²) in [4.78, 5) is 57.0. The molecule has 4 aliphatic rings. The maximum Gasteiger partial charge on any atom is 0.410 e. The predicted molar refractivity (Wildman–Crippen MR) is 224 cm³/mol. The normalized spacial score (nSPS) is 23.0. The number of nitrogens with zero attached hydrogens (tertiary/aromatic N) is 4. The largest absolute Gasteiger partial charge is 0.453 e. The van der Waals surface area contributed by atoms with Crippen molar-refractivity contribution in [3.63, 3.8) is 0 Å². The molecule has 12 heteroatoms. The first kappa shape index (κ1) is 38.1. The average Bonchev–Trinajstić information content (AvgIpc) is 3.62. The quantitative estimate of drug-likeness (QED) is 0.161. The highest BCUT2D eigenvalue weighted by molar-refractivity contribution is 6.07. The third-order valence-electron chi connectivity index (χ3n) is 12.4. The molecule has 0 radical (unpaired) electrons. The first-order valence-electron chi connectivity index (χ1n) is 20.5. The molecule has 12 nitrogen and oxygen atoms in total. The third kappa shape index (κ3) is 6.84. The van der Waals surface area contributed by atoms with Crippen molar-refractivity contribution < 1.29 is 28.6 Å². The second kappa shape index (κ2) is 14.4. The summed E-state index contributed by atoms with van der Waals surface area (Å²) in [5, 5.41) is 7.20. The van der Waals surface area contributed by atoms with E-state index in [2.05, 4.69) is 71.0 Å². The van der Waals surface area contributed by atoms with E-state index in [0.29, 0.717) is 25.5 Å². The molecule has 1 aliphatic carbocycles. The zero-order valence-electron chi connectivity index (χ0n) is 34.3. The molecule has 0 spiro atoms. The molecule has 2 N–H and O–H groups in total. The lowest BCUT2D eigenvalue weighted by Gasteiger charge is -2.31. The van der Waals surface area contributed by atoms with Crippen molar-refractivity contribution >= 4 is 62.1 Å². The Kier molecular flexibility index (Phi) is 9.45. The fourth-order valence-electron chi connectivity index (χ4n) is 9.57. The number of piperidine rings is 1. The number of hydrogen-bond acceptors (Lipinski definition) is 8. The Morgan fingerprint density at radius 2 is 1.64 bits per heavy atom. The van der Waals surface area contributed by atoms with Crippen molar-refractivity contribution in [2.75, 3.05) is 27.4 Å². The molecule has 1 saturated carbocycles. The van der Waals surface area contributed by atoms with E-state index < -0.39 is 17.7 Å². The van der Waals surface area contributed by atoms with E-state index in [4.69, 9.17) is 24.2 Å². The number of fused-ring (bicyclic) bond motifs is 7. The zero-order valence-corrected chi connectivity index (χ0v) is 34.3. The van der Waals surface area contributed by atoms with E-state index in [-0.39, 0.29) is 42.0 Å². The van der Waals surface area contributed by atoms with Gasteiger partial charge in [-0.2, -0.15) is 0 Å². The van der Waals surface area contributed by atoms with Gasteiger partial charge in [-0.25, -0.2) is 14.6 Å². The lowest BCUT2D eigenvalue weighted by Crippen LogP contribution is -2.52. The Hall–Kier alpha value is -5.49. The molecule has 3 aliphatic heterocycles. The van der Waals surface area contributed by atoms with Crippen LogP contribution in [0.15, 0.2) is 65.7 Å². The molecule has 3 fully saturated rings. The summed E-state index contributed by atoms with van der Waals surface area (Å²) in [5.74, 6) is 1.26. The summed E-state index contributed by atoms with van der Waals surface area (Å²) in [6, 6.07) is 20.7. The highest BCUT2D eigenvalue weighted by Gasteiger charge is 2.56. The minimum Gasteiger partial charge on any atom is -0.453 e. The van der Waals surface area contributed by atoms with Crippen LogP contribution in [0, 0.1) is 17.8 Å². The van der Waals surface area contributed by atoms with Gasteiger partial charge in [0, 0.05) is 43.1 Å². The van der Waals surface area contributed by atoms with Gasteiger partial charge in [-0.05, 0) is 109 Å². The number of ether oxygens (including phenoxy) is 3. The van der Waals surface area contributed by atoms with Crippen molar-refractivity contribution in [2.45, 2.75) is 90.1 Å². The summed E-state index contributed by atoms with van der Waals surface area (Å²) in [7, 11) is 3.02. The van der Waals surface area contributed by atoms with Gasteiger partial charge in [-0.15, -0.1) is 0 Å². The molecule has 302 valence electrons. The number of imidazole rings is 1. The molecule has 4 aromatic carbocycles. The molecule has 0 unspecified atom stereocenters. The van der Waals surface area contributed by atoms with Crippen molar-refractivity contribution in [3.05, 3.63) is 72.1 Å². The third-order valence-corrected chi connectivity index (χ3v) is 12.4. The first-order valence-corrected chi connectivity index (χ1v) is 20.5. The number of aromatic nitrogens is 2. The SMILES string of the molecule is COC[C@H]1C[C@@H](C2=Nc3ccc4cc(-c5ccc6c(ccc7[nH]c([C@@H]8C[C@H]9C[C@H]9N8C(=O)[C@@H](NC(=O)OC)C(C)C)nc76)c5)ccc4c3C2)N(C(=O)OC(C)(C)C)C1. The van der Waals surface area contributed by atoms with Crippen molar-refractivity contribution in [1.29, 1.82) is 0 Å². The number of benzene rings is 4. The second-order valence-corrected chi connectivity index (χ2v) is 17.9. The molecule has 2 saturated heterocycles. The molecular weight excluding hydrogens is 733 g/mol. The second-order valence-electron chi connectivity index (χ2n) is 17.9. The Bertz CT molecular complexity index is 2500. The van der Waals surface area contributed by atoms with Crippen LogP contribution in [-0.2, 0) is 25.4 Å². The van der Waals surface area contributed by atoms with E-state index in [0.717, 1.165) is 74.8 Å². The fraction of sp³-hybridized carbons (Fsp3) is 0.457. The molecule has 58 heavy (non-hydrogen) atoms. The number of carbonyl (C=O) groups is 3. The number of likely N-dealkylation sites (tertiary alicyclic amines) is 2. The number of aromatic amines is 1. The van der Waals surface area contributed by atoms with Crippen LogP contribution in [0.3, 0.4) is 0 Å². The summed E-state index contributed by atoms with van der Waals surface area (Å²) < 4.78 is 16.1. The zero-order chi connectivity index (χ0) is 40.6. The maximum absolute atomic E-state index is 14.0. The van der Waals surface area contributed by atoms with Crippen LogP contribution in [0.4, 0.5) is 15.3 Å². The Morgan fingerprint density at radius 1 is 0.914 bits per heavy atom. The number of aliphatic imine (C=N–C) groups is 1. The number of alkyl carbamates (subject to hydrolysis) is 1. The number of amides is 3. The van der Waals surface area contributed by atoms with Gasteiger partial charge in [0.1, 0.15) is 17.5 Å². The maximum atomic E-state index is 14.0. The minimum atomic E-state index is -0.678. The number of carbonyl (C=O) groups excluding carboxylic acids is 3. The summed E-state index contributed by atoms with van der Waals surface area (Å²) in [6.45, 7) is 10.7.